The van der Waals surface area contributed by atoms with Gasteiger partial charge < -0.3 is 15.0 Å². The summed E-state index contributed by atoms with van der Waals surface area (Å²) in [6.45, 7) is -0.429. The van der Waals surface area contributed by atoms with Crippen molar-refractivity contribution in [3.05, 3.63) is 59.9 Å². The quantitative estimate of drug-likeness (QED) is 0.689. The van der Waals surface area contributed by atoms with Gasteiger partial charge >= 0.3 is 5.97 Å². The van der Waals surface area contributed by atoms with E-state index >= 15 is 0 Å². The molecule has 8 nitrogen and oxygen atoms in total. The lowest BCUT2D eigenvalue weighted by molar-refractivity contribution is -0.119. The normalized spacial score (nSPS) is 10.4. The number of hydrogen-bond acceptors (Lipinski definition) is 5. The van der Waals surface area contributed by atoms with Gasteiger partial charge in [-0.1, -0.05) is 11.6 Å². The summed E-state index contributed by atoms with van der Waals surface area (Å²) in [6, 6.07) is 8.15. The van der Waals surface area contributed by atoms with Gasteiger partial charge in [-0.3, -0.25) is 4.79 Å². The second kappa shape index (κ2) is 6.97. The summed E-state index contributed by atoms with van der Waals surface area (Å²) in [4.78, 5) is 30.3. The summed E-state index contributed by atoms with van der Waals surface area (Å²) < 4.78 is 6.41. The van der Waals surface area contributed by atoms with Crippen molar-refractivity contribution in [3.63, 3.8) is 0 Å². The number of ether oxygens (including phenoxy) is 1. The highest BCUT2D eigenvalue weighted by Crippen LogP contribution is 2.23. The molecule has 0 radical (unpaired) electrons. The van der Waals surface area contributed by atoms with Gasteiger partial charge in [0.15, 0.2) is 6.61 Å². The van der Waals surface area contributed by atoms with Crippen molar-refractivity contribution in [2.75, 3.05) is 11.9 Å². The number of halogens is 1. The predicted octanol–water partition coefficient (Wildman–Crippen LogP) is 2.04. The number of rotatable bonds is 5. The van der Waals surface area contributed by atoms with Gasteiger partial charge in [0.25, 0.3) is 5.91 Å². The fourth-order valence-electron chi connectivity index (χ4n) is 1.99. The lowest BCUT2D eigenvalue weighted by Gasteiger charge is -2.11. The number of carbonyl (C=O) groups is 2. The van der Waals surface area contributed by atoms with E-state index in [0.29, 0.717) is 16.4 Å². The molecule has 3 aromatic rings. The average Bonchev–Trinajstić information content (AvgIpc) is 3.26. The van der Waals surface area contributed by atoms with E-state index < -0.39 is 18.5 Å². The smallest absolute Gasteiger partial charge is 0.355 e. The highest BCUT2D eigenvalue weighted by atomic mass is 35.5. The Labute approximate surface area is 141 Å². The molecule has 2 aromatic heterocycles. The molecule has 122 valence electrons. The number of nitrogens with zero attached hydrogens (tertiary/aromatic N) is 3. The SMILES string of the molecule is O=C(COC(=O)c1ccc[nH]1)Nc1cc(Cl)ccc1-n1cncn1. The van der Waals surface area contributed by atoms with Crippen LogP contribution >= 0.6 is 11.6 Å². The Morgan fingerprint density at radius 2 is 2.21 bits per heavy atom. The summed E-state index contributed by atoms with van der Waals surface area (Å²) in [7, 11) is 0. The maximum atomic E-state index is 12.0. The number of amides is 1. The third kappa shape index (κ3) is 3.61. The maximum absolute atomic E-state index is 12.0. The van der Waals surface area contributed by atoms with Gasteiger partial charge in [-0.05, 0) is 30.3 Å². The van der Waals surface area contributed by atoms with E-state index in [-0.39, 0.29) is 5.69 Å². The summed E-state index contributed by atoms with van der Waals surface area (Å²) in [5.41, 5.74) is 1.28. The summed E-state index contributed by atoms with van der Waals surface area (Å²) in [6.07, 6.45) is 4.45. The third-order valence-corrected chi connectivity index (χ3v) is 3.29. The standard InChI is InChI=1S/C15H12ClN5O3/c16-10-3-4-13(21-9-17-8-19-21)12(6-10)20-14(22)7-24-15(23)11-2-1-5-18-11/h1-6,8-9,18H,7H2,(H,20,22). The van der Waals surface area contributed by atoms with Crippen LogP contribution < -0.4 is 5.32 Å². The fraction of sp³-hybridized carbons (Fsp3) is 0.0667. The first-order valence-corrected chi connectivity index (χ1v) is 7.26. The van der Waals surface area contributed by atoms with Crippen LogP contribution in [0.1, 0.15) is 10.5 Å². The first-order valence-electron chi connectivity index (χ1n) is 6.88. The highest BCUT2D eigenvalue weighted by Gasteiger charge is 2.13. The molecule has 0 unspecified atom stereocenters. The molecule has 3 rings (SSSR count). The van der Waals surface area contributed by atoms with E-state index in [1.807, 2.05) is 0 Å². The zero-order chi connectivity index (χ0) is 16.9. The topological polar surface area (TPSA) is 102 Å². The third-order valence-electron chi connectivity index (χ3n) is 3.05. The van der Waals surface area contributed by atoms with Crippen LogP contribution in [0.3, 0.4) is 0 Å². The van der Waals surface area contributed by atoms with E-state index in [9.17, 15) is 9.59 Å². The largest absolute Gasteiger partial charge is 0.451 e. The highest BCUT2D eigenvalue weighted by molar-refractivity contribution is 6.31. The Balaban J connectivity index is 1.68. The van der Waals surface area contributed by atoms with Gasteiger partial charge in [-0.15, -0.1) is 0 Å². The molecule has 1 amide bonds. The molecule has 24 heavy (non-hydrogen) atoms. The van der Waals surface area contributed by atoms with E-state index in [4.69, 9.17) is 16.3 Å². The molecule has 0 bridgehead atoms. The zero-order valence-corrected chi connectivity index (χ0v) is 13.0. The number of carbonyl (C=O) groups excluding carboxylic acids is 2. The molecule has 2 heterocycles. The van der Waals surface area contributed by atoms with Crippen molar-refractivity contribution in [3.8, 4) is 5.69 Å². The van der Waals surface area contributed by atoms with E-state index in [0.717, 1.165) is 0 Å². The molecule has 2 N–H and O–H groups in total. The second-order valence-corrected chi connectivity index (χ2v) is 5.15. The van der Waals surface area contributed by atoms with Crippen LogP contribution in [-0.2, 0) is 9.53 Å². The number of hydrogen-bond donors (Lipinski definition) is 2. The molecule has 9 heteroatoms. The minimum Gasteiger partial charge on any atom is -0.451 e. The first kappa shape index (κ1) is 15.8. The molecular weight excluding hydrogens is 334 g/mol. The number of anilines is 1. The van der Waals surface area contributed by atoms with Crippen LogP contribution in [-0.4, -0.2) is 38.2 Å². The number of aromatic amines is 1. The second-order valence-electron chi connectivity index (χ2n) is 4.71. The van der Waals surface area contributed by atoms with E-state index in [1.165, 1.54) is 17.3 Å². The molecule has 0 aliphatic carbocycles. The Morgan fingerprint density at radius 3 is 2.92 bits per heavy atom. The monoisotopic (exact) mass is 345 g/mol. The Hall–Kier alpha value is -3.13. The van der Waals surface area contributed by atoms with E-state index in [1.54, 1.807) is 36.5 Å². The van der Waals surface area contributed by atoms with Crippen LogP contribution in [0.25, 0.3) is 5.69 Å². The number of nitrogens with one attached hydrogen (secondary N) is 2. The lowest BCUT2D eigenvalue weighted by atomic mass is 10.2. The number of benzene rings is 1. The van der Waals surface area contributed by atoms with Crippen LogP contribution in [0.15, 0.2) is 49.2 Å². The average molecular weight is 346 g/mol. The number of H-pyrrole nitrogens is 1. The van der Waals surface area contributed by atoms with Crippen molar-refractivity contribution in [1.29, 1.82) is 0 Å². The number of aromatic nitrogens is 4. The van der Waals surface area contributed by atoms with Gasteiger partial charge in [0.05, 0.1) is 11.4 Å². The lowest BCUT2D eigenvalue weighted by Crippen LogP contribution is -2.22. The first-order chi connectivity index (χ1) is 11.6. The van der Waals surface area contributed by atoms with Gasteiger partial charge in [-0.25, -0.2) is 14.5 Å². The van der Waals surface area contributed by atoms with Crippen molar-refractivity contribution < 1.29 is 14.3 Å². The molecule has 0 fully saturated rings. The van der Waals surface area contributed by atoms with Gasteiger partial charge in [-0.2, -0.15) is 5.10 Å². The van der Waals surface area contributed by atoms with Crippen LogP contribution in [0.4, 0.5) is 5.69 Å². The van der Waals surface area contributed by atoms with Crippen LogP contribution in [0.2, 0.25) is 5.02 Å². The van der Waals surface area contributed by atoms with Crippen LogP contribution in [0.5, 0.6) is 0 Å². The van der Waals surface area contributed by atoms with Gasteiger partial charge in [0.1, 0.15) is 18.3 Å². The molecule has 0 saturated heterocycles. The number of esters is 1. The van der Waals surface area contributed by atoms with Crippen LogP contribution in [0, 0.1) is 0 Å². The summed E-state index contributed by atoms with van der Waals surface area (Å²) in [5, 5.41) is 7.10. The van der Waals surface area contributed by atoms with Crippen molar-refractivity contribution in [1.82, 2.24) is 19.7 Å². The van der Waals surface area contributed by atoms with Crippen molar-refractivity contribution >= 4 is 29.2 Å². The molecule has 0 aliphatic heterocycles. The molecule has 0 aliphatic rings. The van der Waals surface area contributed by atoms with Gasteiger partial charge in [0.2, 0.25) is 0 Å². The zero-order valence-electron chi connectivity index (χ0n) is 12.3. The van der Waals surface area contributed by atoms with Crippen molar-refractivity contribution in [2.24, 2.45) is 0 Å². The minimum atomic E-state index is -0.613. The molecule has 0 atom stereocenters. The Morgan fingerprint density at radius 1 is 1.33 bits per heavy atom. The maximum Gasteiger partial charge on any atom is 0.355 e. The Bertz CT molecular complexity index is 846. The Kier molecular flexibility index (Phi) is 4.57. The fourth-order valence-corrected chi connectivity index (χ4v) is 2.17. The van der Waals surface area contributed by atoms with Crippen molar-refractivity contribution in [2.45, 2.75) is 0 Å². The predicted molar refractivity (Wildman–Crippen MR) is 86.1 cm³/mol. The molecule has 0 saturated carbocycles. The van der Waals surface area contributed by atoms with Gasteiger partial charge in [0, 0.05) is 11.2 Å². The summed E-state index contributed by atoms with van der Waals surface area (Å²) in [5.74, 6) is -1.11. The summed E-state index contributed by atoms with van der Waals surface area (Å²) >= 11 is 5.97. The van der Waals surface area contributed by atoms with E-state index in [2.05, 4.69) is 20.4 Å². The molecular formula is C15H12ClN5O3. The minimum absolute atomic E-state index is 0.272. The molecule has 0 spiro atoms. The molecule has 1 aromatic carbocycles.